The summed E-state index contributed by atoms with van der Waals surface area (Å²) in [7, 11) is 0. The van der Waals surface area contributed by atoms with Crippen molar-refractivity contribution in [2.24, 2.45) is 5.16 Å². The molecule has 0 spiro atoms. The molecule has 0 aliphatic heterocycles. The molecule has 3 heteroatoms. The second-order valence-electron chi connectivity index (χ2n) is 4.36. The summed E-state index contributed by atoms with van der Waals surface area (Å²) in [6.45, 7) is 6.54. The summed E-state index contributed by atoms with van der Waals surface area (Å²) < 4.78 is 0. The predicted octanol–water partition coefficient (Wildman–Crippen LogP) is 3.67. The lowest BCUT2D eigenvalue weighted by Gasteiger charge is -2.31. The minimum atomic E-state index is 0.142. The molecular formula is C14H21NO2. The minimum Gasteiger partial charge on any atom is -0.507 e. The van der Waals surface area contributed by atoms with Gasteiger partial charge in [-0.2, -0.15) is 0 Å². The Morgan fingerprint density at radius 2 is 1.76 bits per heavy atom. The fourth-order valence-corrected chi connectivity index (χ4v) is 2.41. The van der Waals surface area contributed by atoms with Gasteiger partial charge in [0.15, 0.2) is 0 Å². The van der Waals surface area contributed by atoms with Crippen molar-refractivity contribution in [3.8, 4) is 5.75 Å². The van der Waals surface area contributed by atoms with Gasteiger partial charge in [-0.25, -0.2) is 0 Å². The molecule has 94 valence electrons. The Morgan fingerprint density at radius 3 is 2.24 bits per heavy atom. The Hall–Kier alpha value is -1.51. The molecule has 1 rings (SSSR count). The van der Waals surface area contributed by atoms with Crippen molar-refractivity contribution in [2.75, 3.05) is 0 Å². The van der Waals surface area contributed by atoms with Gasteiger partial charge in [-0.05, 0) is 42.4 Å². The molecule has 0 saturated carbocycles. The van der Waals surface area contributed by atoms with Crippen LogP contribution in [0.25, 0.3) is 0 Å². The molecular weight excluding hydrogens is 214 g/mol. The molecule has 0 fully saturated rings. The van der Waals surface area contributed by atoms with Crippen LogP contribution in [0.15, 0.2) is 23.4 Å². The van der Waals surface area contributed by atoms with E-state index in [0.29, 0.717) is 5.56 Å². The molecule has 0 bridgehead atoms. The van der Waals surface area contributed by atoms with E-state index >= 15 is 0 Å². The lowest BCUT2D eigenvalue weighted by molar-refractivity contribution is 0.321. The van der Waals surface area contributed by atoms with E-state index in [2.05, 4.69) is 25.9 Å². The Morgan fingerprint density at radius 1 is 1.18 bits per heavy atom. The number of nitrogens with zero attached hydrogens (tertiary/aromatic N) is 1. The van der Waals surface area contributed by atoms with Crippen molar-refractivity contribution in [3.63, 3.8) is 0 Å². The maximum atomic E-state index is 9.65. The number of aromatic hydroxyl groups is 1. The van der Waals surface area contributed by atoms with Crippen LogP contribution in [0.4, 0.5) is 0 Å². The summed E-state index contributed by atoms with van der Waals surface area (Å²) in [5.74, 6) is 0.142. The van der Waals surface area contributed by atoms with Crippen molar-refractivity contribution in [3.05, 3.63) is 29.3 Å². The Balaban J connectivity index is 3.26. The topological polar surface area (TPSA) is 52.8 Å². The van der Waals surface area contributed by atoms with Gasteiger partial charge in [0.25, 0.3) is 0 Å². The number of benzene rings is 1. The van der Waals surface area contributed by atoms with Gasteiger partial charge >= 0.3 is 0 Å². The van der Waals surface area contributed by atoms with Crippen molar-refractivity contribution in [1.29, 1.82) is 0 Å². The van der Waals surface area contributed by atoms with E-state index in [0.717, 1.165) is 19.3 Å². The number of rotatable bonds is 5. The monoisotopic (exact) mass is 235 g/mol. The molecule has 2 N–H and O–H groups in total. The molecule has 0 atom stereocenters. The number of hydrogen-bond acceptors (Lipinski definition) is 3. The van der Waals surface area contributed by atoms with Crippen LogP contribution in [0, 0.1) is 0 Å². The third-order valence-electron chi connectivity index (χ3n) is 3.87. The maximum Gasteiger partial charge on any atom is 0.124 e. The normalized spacial score (nSPS) is 12.2. The predicted molar refractivity (Wildman–Crippen MR) is 70.0 cm³/mol. The molecule has 1 aromatic rings. The van der Waals surface area contributed by atoms with Gasteiger partial charge in [0.05, 0.1) is 6.21 Å². The Labute approximate surface area is 103 Å². The Bertz CT molecular complexity index is 387. The van der Waals surface area contributed by atoms with E-state index in [4.69, 9.17) is 5.21 Å². The zero-order valence-electron chi connectivity index (χ0n) is 10.8. The highest BCUT2D eigenvalue weighted by molar-refractivity contribution is 5.83. The summed E-state index contributed by atoms with van der Waals surface area (Å²) in [6.07, 6.45) is 4.44. The SMILES string of the molecule is CCC(CC)(CC)c1ccc(O)c(/C=N/O)c1. The summed E-state index contributed by atoms with van der Waals surface area (Å²) in [6, 6.07) is 5.54. The average Bonchev–Trinajstić information content (AvgIpc) is 2.36. The van der Waals surface area contributed by atoms with Gasteiger partial charge in [-0.15, -0.1) is 0 Å². The van der Waals surface area contributed by atoms with Crippen LogP contribution in [0.2, 0.25) is 0 Å². The molecule has 0 aliphatic carbocycles. The van der Waals surface area contributed by atoms with Crippen LogP contribution >= 0.6 is 0 Å². The van der Waals surface area contributed by atoms with Crippen LogP contribution in [0.3, 0.4) is 0 Å². The number of phenols is 1. The van der Waals surface area contributed by atoms with E-state index in [9.17, 15) is 5.11 Å². The number of oxime groups is 1. The molecule has 0 aromatic heterocycles. The van der Waals surface area contributed by atoms with E-state index < -0.39 is 0 Å². The highest BCUT2D eigenvalue weighted by Gasteiger charge is 2.26. The standard InChI is InChI=1S/C14H21NO2/c1-4-14(5-2,6-3)12-7-8-13(16)11(9-12)10-15-17/h7-10,16-17H,4-6H2,1-3H3/b15-10+. The van der Waals surface area contributed by atoms with Gasteiger partial charge in [0.2, 0.25) is 0 Å². The quantitative estimate of drug-likeness (QED) is 0.465. The van der Waals surface area contributed by atoms with E-state index in [-0.39, 0.29) is 11.2 Å². The van der Waals surface area contributed by atoms with Crippen molar-refractivity contribution >= 4 is 6.21 Å². The highest BCUT2D eigenvalue weighted by atomic mass is 16.4. The molecule has 1 aromatic carbocycles. The Kier molecular flexibility index (Phi) is 4.55. The molecule has 17 heavy (non-hydrogen) atoms. The van der Waals surface area contributed by atoms with E-state index in [1.807, 2.05) is 12.1 Å². The van der Waals surface area contributed by atoms with E-state index in [1.165, 1.54) is 11.8 Å². The van der Waals surface area contributed by atoms with Crippen molar-refractivity contribution in [1.82, 2.24) is 0 Å². The molecule has 0 amide bonds. The van der Waals surface area contributed by atoms with Crippen LogP contribution < -0.4 is 0 Å². The first-order valence-corrected chi connectivity index (χ1v) is 6.14. The largest absolute Gasteiger partial charge is 0.507 e. The van der Waals surface area contributed by atoms with Crippen molar-refractivity contribution < 1.29 is 10.3 Å². The van der Waals surface area contributed by atoms with Crippen LogP contribution in [-0.4, -0.2) is 16.5 Å². The summed E-state index contributed by atoms with van der Waals surface area (Å²) in [4.78, 5) is 0. The fraction of sp³-hybridized carbons (Fsp3) is 0.500. The minimum absolute atomic E-state index is 0.142. The smallest absolute Gasteiger partial charge is 0.124 e. The zero-order valence-corrected chi connectivity index (χ0v) is 10.8. The first kappa shape index (κ1) is 13.6. The second kappa shape index (κ2) is 5.71. The lowest BCUT2D eigenvalue weighted by atomic mass is 9.73. The number of phenolic OH excluding ortho intramolecular Hbond substituents is 1. The van der Waals surface area contributed by atoms with Gasteiger partial charge < -0.3 is 10.3 Å². The fourth-order valence-electron chi connectivity index (χ4n) is 2.41. The number of hydrogen-bond donors (Lipinski definition) is 2. The lowest BCUT2D eigenvalue weighted by Crippen LogP contribution is -2.23. The van der Waals surface area contributed by atoms with Gasteiger partial charge in [0, 0.05) is 5.56 Å². The van der Waals surface area contributed by atoms with Crippen LogP contribution in [0.5, 0.6) is 5.75 Å². The summed E-state index contributed by atoms with van der Waals surface area (Å²) in [5.41, 5.74) is 1.90. The first-order valence-electron chi connectivity index (χ1n) is 6.14. The van der Waals surface area contributed by atoms with Gasteiger partial charge in [0.1, 0.15) is 5.75 Å². The molecule has 0 unspecified atom stereocenters. The molecule has 0 radical (unpaired) electrons. The third-order valence-corrected chi connectivity index (χ3v) is 3.87. The third kappa shape index (κ3) is 2.60. The van der Waals surface area contributed by atoms with Gasteiger partial charge in [-0.1, -0.05) is 32.0 Å². The first-order chi connectivity index (χ1) is 8.13. The average molecular weight is 235 g/mol. The van der Waals surface area contributed by atoms with Crippen molar-refractivity contribution in [2.45, 2.75) is 45.4 Å². The molecule has 0 heterocycles. The highest BCUT2D eigenvalue weighted by Crippen LogP contribution is 2.36. The maximum absolute atomic E-state index is 9.65. The van der Waals surface area contributed by atoms with E-state index in [1.54, 1.807) is 6.07 Å². The summed E-state index contributed by atoms with van der Waals surface area (Å²) in [5, 5.41) is 21.2. The summed E-state index contributed by atoms with van der Waals surface area (Å²) >= 11 is 0. The van der Waals surface area contributed by atoms with Crippen LogP contribution in [0.1, 0.15) is 51.2 Å². The van der Waals surface area contributed by atoms with Crippen LogP contribution in [-0.2, 0) is 5.41 Å². The zero-order chi connectivity index (χ0) is 12.9. The van der Waals surface area contributed by atoms with Gasteiger partial charge in [-0.3, -0.25) is 0 Å². The molecule has 0 aliphatic rings. The molecule has 3 nitrogen and oxygen atoms in total. The molecule has 0 saturated heterocycles. The second-order valence-corrected chi connectivity index (χ2v) is 4.36.